The quantitative estimate of drug-likeness (QED) is 0.631. The average Bonchev–Trinajstić information content (AvgIpc) is 2.12. The highest BCUT2D eigenvalue weighted by Crippen LogP contribution is 2.05. The van der Waals surface area contributed by atoms with E-state index in [1.807, 2.05) is 32.8 Å². The Hall–Kier alpha value is -0.170. The lowest BCUT2D eigenvalue weighted by Gasteiger charge is -2.25. The summed E-state index contributed by atoms with van der Waals surface area (Å²) in [4.78, 5) is 1.96. The Bertz CT molecular complexity index is 276. The van der Waals surface area contributed by atoms with Crippen LogP contribution < -0.4 is 4.72 Å². The number of aliphatic hydroxyl groups is 1. The first kappa shape index (κ1) is 15.8. The Balaban J connectivity index is 4.38. The maximum atomic E-state index is 11.6. The minimum absolute atomic E-state index is 0.0137. The van der Waals surface area contributed by atoms with Crippen molar-refractivity contribution in [2.24, 2.45) is 5.92 Å². The molecule has 0 aromatic rings. The molecule has 1 unspecified atom stereocenters. The Morgan fingerprint density at radius 3 is 2.25 bits per heavy atom. The molecule has 98 valence electrons. The summed E-state index contributed by atoms with van der Waals surface area (Å²) < 4.78 is 26.0. The zero-order valence-corrected chi connectivity index (χ0v) is 11.4. The zero-order valence-electron chi connectivity index (χ0n) is 10.6. The molecule has 16 heavy (non-hydrogen) atoms. The van der Waals surface area contributed by atoms with Crippen LogP contribution in [0.15, 0.2) is 0 Å². The minimum atomic E-state index is -3.27. The monoisotopic (exact) mass is 252 g/mol. The smallest absolute Gasteiger partial charge is 0.211 e. The predicted octanol–water partition coefficient (Wildman–Crippen LogP) is -0.126. The normalized spacial score (nSPS) is 14.7. The molecular weight excluding hydrogens is 228 g/mol. The highest BCUT2D eigenvalue weighted by Gasteiger charge is 2.20. The summed E-state index contributed by atoms with van der Waals surface area (Å²) in [7, 11) is 0.558. The molecule has 0 saturated carbocycles. The molecule has 2 N–H and O–H groups in total. The lowest BCUT2D eigenvalue weighted by molar-refractivity contribution is 0.293. The van der Waals surface area contributed by atoms with Crippen LogP contribution in [0.1, 0.15) is 20.3 Å². The van der Waals surface area contributed by atoms with Crippen LogP contribution in [-0.4, -0.2) is 57.5 Å². The molecule has 0 heterocycles. The fraction of sp³-hybridized carbons (Fsp3) is 1.00. The van der Waals surface area contributed by atoms with Crippen LogP contribution in [-0.2, 0) is 10.0 Å². The van der Waals surface area contributed by atoms with E-state index >= 15 is 0 Å². The van der Waals surface area contributed by atoms with Gasteiger partial charge in [0.05, 0.1) is 5.75 Å². The van der Waals surface area contributed by atoms with Crippen molar-refractivity contribution in [1.29, 1.82) is 0 Å². The second-order valence-corrected chi connectivity index (χ2v) is 6.50. The lowest BCUT2D eigenvalue weighted by atomic mass is 10.1. The summed E-state index contributed by atoms with van der Waals surface area (Å²) >= 11 is 0. The second kappa shape index (κ2) is 7.21. The van der Waals surface area contributed by atoms with Gasteiger partial charge in [-0.05, 0) is 26.4 Å². The van der Waals surface area contributed by atoms with E-state index in [-0.39, 0.29) is 30.7 Å². The maximum absolute atomic E-state index is 11.6. The van der Waals surface area contributed by atoms with Crippen LogP contribution in [0.25, 0.3) is 0 Å². The molecule has 0 aliphatic carbocycles. The molecule has 0 rings (SSSR count). The van der Waals surface area contributed by atoms with Crippen LogP contribution in [0.4, 0.5) is 0 Å². The molecule has 6 heteroatoms. The van der Waals surface area contributed by atoms with Gasteiger partial charge in [0.15, 0.2) is 0 Å². The molecule has 5 nitrogen and oxygen atoms in total. The van der Waals surface area contributed by atoms with Crippen LogP contribution >= 0.6 is 0 Å². The number of nitrogens with zero attached hydrogens (tertiary/aromatic N) is 1. The molecule has 0 radical (unpaired) electrons. The van der Waals surface area contributed by atoms with E-state index in [9.17, 15) is 8.42 Å². The first-order valence-electron chi connectivity index (χ1n) is 5.54. The fourth-order valence-corrected chi connectivity index (χ4v) is 2.76. The van der Waals surface area contributed by atoms with Gasteiger partial charge in [-0.25, -0.2) is 13.1 Å². The lowest BCUT2D eigenvalue weighted by Crippen LogP contribution is -2.45. The van der Waals surface area contributed by atoms with E-state index in [1.165, 1.54) is 0 Å². The molecule has 0 aliphatic heterocycles. The molecule has 0 aliphatic rings. The number of rotatable bonds is 8. The molecule has 0 aromatic carbocycles. The van der Waals surface area contributed by atoms with E-state index < -0.39 is 10.0 Å². The molecule has 0 saturated heterocycles. The maximum Gasteiger partial charge on any atom is 0.211 e. The van der Waals surface area contributed by atoms with Crippen molar-refractivity contribution in [1.82, 2.24) is 9.62 Å². The third kappa shape index (κ3) is 7.16. The van der Waals surface area contributed by atoms with Gasteiger partial charge in [-0.2, -0.15) is 0 Å². The van der Waals surface area contributed by atoms with Gasteiger partial charge in [0, 0.05) is 19.2 Å². The molecule has 1 atom stereocenters. The Kier molecular flexibility index (Phi) is 7.14. The second-order valence-electron chi connectivity index (χ2n) is 4.63. The van der Waals surface area contributed by atoms with Gasteiger partial charge in [-0.1, -0.05) is 13.8 Å². The van der Waals surface area contributed by atoms with E-state index in [2.05, 4.69) is 4.72 Å². The Labute approximate surface area is 98.9 Å². The molecule has 0 amide bonds. The van der Waals surface area contributed by atoms with Crippen molar-refractivity contribution in [3.63, 3.8) is 0 Å². The van der Waals surface area contributed by atoms with Crippen molar-refractivity contribution in [2.45, 2.75) is 26.3 Å². The first-order valence-corrected chi connectivity index (χ1v) is 7.19. The first-order chi connectivity index (χ1) is 7.28. The molecule has 0 aromatic heterocycles. The summed E-state index contributed by atoms with van der Waals surface area (Å²) in [5.74, 6) is 0.228. The van der Waals surface area contributed by atoms with Crippen LogP contribution in [0, 0.1) is 5.92 Å². The molecule has 0 fully saturated rings. The van der Waals surface area contributed by atoms with Crippen molar-refractivity contribution < 1.29 is 13.5 Å². The van der Waals surface area contributed by atoms with Crippen molar-refractivity contribution >= 4 is 10.0 Å². The van der Waals surface area contributed by atoms with Gasteiger partial charge in [0.2, 0.25) is 10.0 Å². The zero-order chi connectivity index (χ0) is 12.8. The summed E-state index contributed by atoms with van der Waals surface area (Å²) in [6.07, 6.45) is 0.280. The molecular formula is C10H24N2O3S. The van der Waals surface area contributed by atoms with Crippen molar-refractivity contribution in [2.75, 3.05) is 33.0 Å². The van der Waals surface area contributed by atoms with Crippen molar-refractivity contribution in [3.05, 3.63) is 0 Å². The van der Waals surface area contributed by atoms with E-state index in [1.54, 1.807) is 0 Å². The summed E-state index contributed by atoms with van der Waals surface area (Å²) in [6.45, 7) is 4.56. The SMILES string of the molecule is CC(C)C(CN(C)C)NS(=O)(=O)CCCO. The van der Waals surface area contributed by atoms with Crippen LogP contribution in [0.3, 0.4) is 0 Å². The van der Waals surface area contributed by atoms with Crippen LogP contribution in [0.2, 0.25) is 0 Å². The topological polar surface area (TPSA) is 69.6 Å². The largest absolute Gasteiger partial charge is 0.396 e. The van der Waals surface area contributed by atoms with Gasteiger partial charge in [-0.3, -0.25) is 0 Å². The number of hydrogen-bond acceptors (Lipinski definition) is 4. The number of nitrogens with one attached hydrogen (secondary N) is 1. The highest BCUT2D eigenvalue weighted by atomic mass is 32.2. The van der Waals surface area contributed by atoms with Gasteiger partial charge in [0.25, 0.3) is 0 Å². The number of hydrogen-bond donors (Lipinski definition) is 2. The number of sulfonamides is 1. The molecule has 0 bridgehead atoms. The van der Waals surface area contributed by atoms with Crippen LogP contribution in [0.5, 0.6) is 0 Å². The summed E-state index contributed by atoms with van der Waals surface area (Å²) in [5.41, 5.74) is 0. The van der Waals surface area contributed by atoms with Gasteiger partial charge >= 0.3 is 0 Å². The highest BCUT2D eigenvalue weighted by molar-refractivity contribution is 7.89. The third-order valence-corrected chi connectivity index (χ3v) is 3.76. The Morgan fingerprint density at radius 2 is 1.88 bits per heavy atom. The Morgan fingerprint density at radius 1 is 1.31 bits per heavy atom. The standard InChI is InChI=1S/C10H24N2O3S/c1-9(2)10(8-12(3)4)11-16(14,15)7-5-6-13/h9-11,13H,5-8H2,1-4H3. The minimum Gasteiger partial charge on any atom is -0.396 e. The van der Waals surface area contributed by atoms with Gasteiger partial charge < -0.3 is 10.0 Å². The third-order valence-electron chi connectivity index (χ3n) is 2.27. The van der Waals surface area contributed by atoms with E-state index in [0.29, 0.717) is 6.54 Å². The summed E-state index contributed by atoms with van der Waals surface area (Å²) in [5, 5.41) is 8.62. The van der Waals surface area contributed by atoms with Gasteiger partial charge in [0.1, 0.15) is 0 Å². The van der Waals surface area contributed by atoms with Crippen molar-refractivity contribution in [3.8, 4) is 0 Å². The van der Waals surface area contributed by atoms with E-state index in [0.717, 1.165) is 0 Å². The molecule has 0 spiro atoms. The van der Waals surface area contributed by atoms with Gasteiger partial charge in [-0.15, -0.1) is 0 Å². The van der Waals surface area contributed by atoms with E-state index in [4.69, 9.17) is 5.11 Å². The fourth-order valence-electron chi connectivity index (χ4n) is 1.32. The average molecular weight is 252 g/mol. The number of aliphatic hydroxyl groups excluding tert-OH is 1. The predicted molar refractivity (Wildman–Crippen MR) is 65.8 cm³/mol. The summed E-state index contributed by atoms with van der Waals surface area (Å²) in [6, 6.07) is -0.0845. The number of likely N-dealkylation sites (N-methyl/N-ethyl adjacent to an activating group) is 1.